The van der Waals surface area contributed by atoms with E-state index in [9.17, 15) is 4.79 Å². The molecule has 1 amide bonds. The van der Waals surface area contributed by atoms with E-state index < -0.39 is 0 Å². The van der Waals surface area contributed by atoms with Crippen molar-refractivity contribution in [3.63, 3.8) is 0 Å². The maximum absolute atomic E-state index is 12.5. The van der Waals surface area contributed by atoms with Crippen LogP contribution in [-0.2, 0) is 6.54 Å². The molecule has 1 heterocycles. The van der Waals surface area contributed by atoms with Crippen LogP contribution < -0.4 is 9.54 Å². The van der Waals surface area contributed by atoms with E-state index in [-0.39, 0.29) is 12.0 Å². The Balaban J connectivity index is 1.95. The number of nitrogens with zero attached hydrogens (tertiary/aromatic N) is 2. The molecule has 0 bridgehead atoms. The summed E-state index contributed by atoms with van der Waals surface area (Å²) in [4.78, 5) is 17.5. The van der Waals surface area contributed by atoms with Crippen molar-refractivity contribution in [2.24, 2.45) is 4.99 Å². The van der Waals surface area contributed by atoms with Gasteiger partial charge in [-0.15, -0.1) is 0 Å². The first-order valence-electron chi connectivity index (χ1n) is 8.02. The largest absolute Gasteiger partial charge is 0.491 e. The Labute approximate surface area is 145 Å². The summed E-state index contributed by atoms with van der Waals surface area (Å²) in [6, 6.07) is 15.2. The van der Waals surface area contributed by atoms with Gasteiger partial charge in [0, 0.05) is 12.1 Å². The highest BCUT2D eigenvalue weighted by Crippen LogP contribution is 2.17. The molecule has 24 heavy (non-hydrogen) atoms. The molecule has 0 fully saturated rings. The van der Waals surface area contributed by atoms with Gasteiger partial charge in [0.2, 0.25) is 0 Å². The van der Waals surface area contributed by atoms with Gasteiger partial charge in [0.1, 0.15) is 5.75 Å². The van der Waals surface area contributed by atoms with Crippen LogP contribution in [0.2, 0.25) is 0 Å². The zero-order valence-electron chi connectivity index (χ0n) is 14.0. The number of ether oxygens (including phenoxy) is 1. The van der Waals surface area contributed by atoms with E-state index in [1.807, 2.05) is 44.2 Å². The lowest BCUT2D eigenvalue weighted by molar-refractivity contribution is 0.0998. The summed E-state index contributed by atoms with van der Waals surface area (Å²) in [5.41, 5.74) is 1.67. The SMILES string of the molecule is CCn1c(=NC(=O)c2ccc(OC(C)C)cc2)sc2ccccc21. The number of benzene rings is 2. The third kappa shape index (κ3) is 3.41. The Morgan fingerprint density at radius 3 is 2.54 bits per heavy atom. The highest BCUT2D eigenvalue weighted by Gasteiger charge is 2.08. The van der Waals surface area contributed by atoms with Gasteiger partial charge in [-0.05, 0) is 57.2 Å². The Morgan fingerprint density at radius 1 is 1.17 bits per heavy atom. The number of aryl methyl sites for hydroxylation is 1. The number of hydrogen-bond donors (Lipinski definition) is 0. The van der Waals surface area contributed by atoms with Gasteiger partial charge in [0.25, 0.3) is 5.91 Å². The van der Waals surface area contributed by atoms with Crippen molar-refractivity contribution in [1.82, 2.24) is 4.57 Å². The number of rotatable bonds is 4. The van der Waals surface area contributed by atoms with Gasteiger partial charge in [-0.3, -0.25) is 4.79 Å². The van der Waals surface area contributed by atoms with Gasteiger partial charge >= 0.3 is 0 Å². The number of para-hydroxylation sites is 1. The van der Waals surface area contributed by atoms with Crippen molar-refractivity contribution < 1.29 is 9.53 Å². The standard InChI is InChI=1S/C19H20N2O2S/c1-4-21-16-7-5-6-8-17(16)24-19(21)20-18(22)14-9-11-15(12-10-14)23-13(2)3/h5-13H,4H2,1-3H3. The van der Waals surface area contributed by atoms with Crippen LogP contribution in [0, 0.1) is 0 Å². The molecule has 0 saturated heterocycles. The molecule has 0 saturated carbocycles. The van der Waals surface area contributed by atoms with E-state index in [1.165, 1.54) is 11.3 Å². The second kappa shape index (κ2) is 7.01. The lowest BCUT2D eigenvalue weighted by Crippen LogP contribution is -2.15. The second-order valence-corrected chi connectivity index (χ2v) is 6.71. The van der Waals surface area contributed by atoms with E-state index in [0.717, 1.165) is 27.3 Å². The van der Waals surface area contributed by atoms with Gasteiger partial charge in [-0.25, -0.2) is 0 Å². The zero-order chi connectivity index (χ0) is 17.1. The number of hydrogen-bond acceptors (Lipinski definition) is 3. The number of aromatic nitrogens is 1. The molecule has 0 aliphatic rings. The number of fused-ring (bicyclic) bond motifs is 1. The molecule has 3 aromatic rings. The van der Waals surface area contributed by atoms with Crippen LogP contribution in [0.15, 0.2) is 53.5 Å². The van der Waals surface area contributed by atoms with Crippen molar-refractivity contribution in [1.29, 1.82) is 0 Å². The molecule has 4 nitrogen and oxygen atoms in total. The first-order chi connectivity index (χ1) is 11.6. The second-order valence-electron chi connectivity index (χ2n) is 5.70. The molecule has 124 valence electrons. The normalized spacial score (nSPS) is 12.1. The van der Waals surface area contributed by atoms with E-state index in [0.29, 0.717) is 5.56 Å². The number of carbonyl (C=O) groups excluding carboxylic acids is 1. The number of amides is 1. The highest BCUT2D eigenvalue weighted by atomic mass is 32.1. The molecule has 2 aromatic carbocycles. The van der Waals surface area contributed by atoms with Crippen molar-refractivity contribution in [3.8, 4) is 5.75 Å². The molecule has 0 aliphatic carbocycles. The van der Waals surface area contributed by atoms with E-state index in [2.05, 4.69) is 22.5 Å². The summed E-state index contributed by atoms with van der Waals surface area (Å²) in [5, 5.41) is 0. The summed E-state index contributed by atoms with van der Waals surface area (Å²) >= 11 is 1.53. The van der Waals surface area contributed by atoms with Crippen LogP contribution in [0.5, 0.6) is 5.75 Å². The van der Waals surface area contributed by atoms with E-state index in [4.69, 9.17) is 4.74 Å². The molecule has 0 atom stereocenters. The minimum absolute atomic E-state index is 0.110. The third-order valence-corrected chi connectivity index (χ3v) is 4.63. The maximum Gasteiger partial charge on any atom is 0.279 e. The van der Waals surface area contributed by atoms with Crippen molar-refractivity contribution >= 4 is 27.5 Å². The minimum Gasteiger partial charge on any atom is -0.491 e. The smallest absolute Gasteiger partial charge is 0.279 e. The summed E-state index contributed by atoms with van der Waals surface area (Å²) in [6.07, 6.45) is 0.110. The average molecular weight is 340 g/mol. The van der Waals surface area contributed by atoms with Crippen LogP contribution in [0.1, 0.15) is 31.1 Å². The summed E-state index contributed by atoms with van der Waals surface area (Å²) in [7, 11) is 0. The fraction of sp³-hybridized carbons (Fsp3) is 0.263. The summed E-state index contributed by atoms with van der Waals surface area (Å²) < 4.78 is 8.79. The van der Waals surface area contributed by atoms with Gasteiger partial charge in [0.15, 0.2) is 4.80 Å². The Bertz CT molecular complexity index is 920. The van der Waals surface area contributed by atoms with Crippen LogP contribution in [0.25, 0.3) is 10.2 Å². The molecular formula is C19H20N2O2S. The summed E-state index contributed by atoms with van der Waals surface area (Å²) in [5.74, 6) is 0.520. The molecule has 3 rings (SSSR count). The molecule has 0 unspecified atom stereocenters. The predicted octanol–water partition coefficient (Wildman–Crippen LogP) is 4.25. The van der Waals surface area contributed by atoms with Gasteiger partial charge < -0.3 is 9.30 Å². The average Bonchev–Trinajstić information content (AvgIpc) is 2.91. The van der Waals surface area contributed by atoms with Crippen molar-refractivity contribution in [2.45, 2.75) is 33.4 Å². The molecule has 0 N–H and O–H groups in total. The first kappa shape index (κ1) is 16.5. The Hall–Kier alpha value is -2.40. The predicted molar refractivity (Wildman–Crippen MR) is 97.6 cm³/mol. The maximum atomic E-state index is 12.5. The molecule has 1 aromatic heterocycles. The lowest BCUT2D eigenvalue weighted by Gasteiger charge is -2.09. The fourth-order valence-corrected chi connectivity index (χ4v) is 3.60. The first-order valence-corrected chi connectivity index (χ1v) is 8.84. The quantitative estimate of drug-likeness (QED) is 0.712. The Morgan fingerprint density at radius 2 is 1.88 bits per heavy atom. The van der Waals surface area contributed by atoms with Crippen molar-refractivity contribution in [2.75, 3.05) is 0 Å². The highest BCUT2D eigenvalue weighted by molar-refractivity contribution is 7.16. The van der Waals surface area contributed by atoms with Gasteiger partial charge in [-0.2, -0.15) is 4.99 Å². The minimum atomic E-state index is -0.236. The molecule has 0 radical (unpaired) electrons. The van der Waals surface area contributed by atoms with Crippen molar-refractivity contribution in [3.05, 3.63) is 58.9 Å². The lowest BCUT2D eigenvalue weighted by atomic mass is 10.2. The molecule has 5 heteroatoms. The zero-order valence-corrected chi connectivity index (χ0v) is 14.8. The number of thiazole rings is 1. The molecular weight excluding hydrogens is 320 g/mol. The topological polar surface area (TPSA) is 43.6 Å². The van der Waals surface area contributed by atoms with Gasteiger partial charge in [-0.1, -0.05) is 23.5 Å². The monoisotopic (exact) mass is 340 g/mol. The summed E-state index contributed by atoms with van der Waals surface area (Å²) in [6.45, 7) is 6.77. The third-order valence-electron chi connectivity index (χ3n) is 3.57. The van der Waals surface area contributed by atoms with Crippen LogP contribution in [0.3, 0.4) is 0 Å². The van der Waals surface area contributed by atoms with Crippen LogP contribution in [0.4, 0.5) is 0 Å². The number of carbonyl (C=O) groups is 1. The van der Waals surface area contributed by atoms with Crippen LogP contribution >= 0.6 is 11.3 Å². The van der Waals surface area contributed by atoms with Crippen LogP contribution in [-0.4, -0.2) is 16.6 Å². The van der Waals surface area contributed by atoms with E-state index in [1.54, 1.807) is 12.1 Å². The fourth-order valence-electron chi connectivity index (χ4n) is 2.51. The van der Waals surface area contributed by atoms with Gasteiger partial charge in [0.05, 0.1) is 16.3 Å². The molecule has 0 spiro atoms. The van der Waals surface area contributed by atoms with E-state index >= 15 is 0 Å². The molecule has 0 aliphatic heterocycles. The Kier molecular flexibility index (Phi) is 4.81.